The summed E-state index contributed by atoms with van der Waals surface area (Å²) in [4.78, 5) is 23.4. The number of anilines is 2. The fourth-order valence-corrected chi connectivity index (χ4v) is 3.75. The minimum absolute atomic E-state index is 0.148. The molecular formula is C21H17BrN6O2S. The molecule has 0 radical (unpaired) electrons. The normalized spacial score (nSPS) is 10.8. The molecule has 4 rings (SSSR count). The molecular weight excluding hydrogens is 480 g/mol. The van der Waals surface area contributed by atoms with Crippen molar-refractivity contribution in [2.75, 3.05) is 16.4 Å². The van der Waals surface area contributed by atoms with Crippen LogP contribution in [0.5, 0.6) is 0 Å². The summed E-state index contributed by atoms with van der Waals surface area (Å²) in [5.74, 6) is -0.179. The Kier molecular flexibility index (Phi) is 6.28. The molecule has 4 aromatic rings. The molecule has 2 amide bonds. The lowest BCUT2D eigenvalue weighted by Crippen LogP contribution is -2.14. The quantitative estimate of drug-likeness (QED) is 0.387. The molecule has 0 saturated carbocycles. The summed E-state index contributed by atoms with van der Waals surface area (Å²) in [6, 6.07) is 18.5. The van der Waals surface area contributed by atoms with Crippen molar-refractivity contribution < 1.29 is 9.59 Å². The molecule has 0 unspecified atom stereocenters. The second-order valence-corrected chi connectivity index (χ2v) is 8.43. The predicted octanol–water partition coefficient (Wildman–Crippen LogP) is 4.24. The summed E-state index contributed by atoms with van der Waals surface area (Å²) in [7, 11) is 0. The van der Waals surface area contributed by atoms with Crippen LogP contribution in [0, 0.1) is 0 Å². The SMILES string of the molecule is CC(=O)Nc1ccc(NC(=O)CSc2nnc3ccc(-c4ccc(Br)cc4)nn23)cc1. The third kappa shape index (κ3) is 5.28. The van der Waals surface area contributed by atoms with E-state index in [9.17, 15) is 9.59 Å². The van der Waals surface area contributed by atoms with Crippen molar-refractivity contribution in [3.63, 3.8) is 0 Å². The van der Waals surface area contributed by atoms with E-state index >= 15 is 0 Å². The van der Waals surface area contributed by atoms with Gasteiger partial charge >= 0.3 is 0 Å². The first-order valence-corrected chi connectivity index (χ1v) is 11.0. The van der Waals surface area contributed by atoms with Gasteiger partial charge in [0.25, 0.3) is 0 Å². The van der Waals surface area contributed by atoms with Gasteiger partial charge in [0.1, 0.15) is 0 Å². The van der Waals surface area contributed by atoms with Gasteiger partial charge in [-0.05, 0) is 48.5 Å². The molecule has 0 spiro atoms. The van der Waals surface area contributed by atoms with Crippen LogP contribution >= 0.6 is 27.7 Å². The van der Waals surface area contributed by atoms with E-state index in [1.807, 2.05) is 36.4 Å². The number of nitrogens with one attached hydrogen (secondary N) is 2. The van der Waals surface area contributed by atoms with Crippen LogP contribution in [-0.4, -0.2) is 37.4 Å². The first-order valence-electron chi connectivity index (χ1n) is 9.27. The highest BCUT2D eigenvalue weighted by molar-refractivity contribution is 9.10. The monoisotopic (exact) mass is 496 g/mol. The molecule has 0 aliphatic rings. The Morgan fingerprint density at radius 2 is 1.61 bits per heavy atom. The number of nitrogens with zero attached hydrogens (tertiary/aromatic N) is 4. The average molecular weight is 497 g/mol. The first-order chi connectivity index (χ1) is 15.0. The van der Waals surface area contributed by atoms with Crippen LogP contribution in [0.2, 0.25) is 0 Å². The van der Waals surface area contributed by atoms with Gasteiger partial charge in [0.2, 0.25) is 17.0 Å². The van der Waals surface area contributed by atoms with Crippen LogP contribution in [0.1, 0.15) is 6.92 Å². The second kappa shape index (κ2) is 9.27. The lowest BCUT2D eigenvalue weighted by Gasteiger charge is -2.07. The van der Waals surface area contributed by atoms with Crippen LogP contribution in [0.25, 0.3) is 16.9 Å². The molecule has 2 aromatic heterocycles. The topological polar surface area (TPSA) is 101 Å². The number of hydrogen-bond donors (Lipinski definition) is 2. The number of aromatic nitrogens is 4. The molecule has 2 aromatic carbocycles. The van der Waals surface area contributed by atoms with Gasteiger partial charge in [0, 0.05) is 28.3 Å². The zero-order chi connectivity index (χ0) is 21.8. The van der Waals surface area contributed by atoms with Crippen molar-refractivity contribution >= 4 is 56.5 Å². The second-order valence-electron chi connectivity index (χ2n) is 6.57. The Bertz CT molecular complexity index is 1240. The summed E-state index contributed by atoms with van der Waals surface area (Å²) in [5.41, 5.74) is 3.67. The molecule has 0 aliphatic heterocycles. The first kappa shape index (κ1) is 21.0. The summed E-state index contributed by atoms with van der Waals surface area (Å²) in [6.07, 6.45) is 0. The maximum atomic E-state index is 12.3. The number of benzene rings is 2. The molecule has 31 heavy (non-hydrogen) atoms. The molecule has 0 aliphatic carbocycles. The maximum absolute atomic E-state index is 12.3. The largest absolute Gasteiger partial charge is 0.326 e. The van der Waals surface area contributed by atoms with E-state index in [0.717, 1.165) is 15.7 Å². The standard InChI is InChI=1S/C21H17BrN6O2S/c1-13(29)23-16-6-8-17(9-7-16)24-20(30)12-31-21-26-25-19-11-10-18(27-28(19)21)14-2-4-15(22)5-3-14/h2-11H,12H2,1H3,(H,23,29)(H,24,30). The van der Waals surface area contributed by atoms with E-state index in [2.05, 4.69) is 41.9 Å². The number of fused-ring (bicyclic) bond motifs is 1. The van der Waals surface area contributed by atoms with Crippen molar-refractivity contribution in [2.24, 2.45) is 0 Å². The van der Waals surface area contributed by atoms with Gasteiger partial charge < -0.3 is 10.6 Å². The van der Waals surface area contributed by atoms with Gasteiger partial charge in [-0.2, -0.15) is 9.61 Å². The lowest BCUT2D eigenvalue weighted by atomic mass is 10.1. The molecule has 0 atom stereocenters. The molecule has 8 nitrogen and oxygen atoms in total. The Morgan fingerprint density at radius 3 is 2.29 bits per heavy atom. The van der Waals surface area contributed by atoms with Crippen molar-refractivity contribution in [1.82, 2.24) is 19.8 Å². The zero-order valence-corrected chi connectivity index (χ0v) is 18.8. The third-order valence-electron chi connectivity index (χ3n) is 4.20. The van der Waals surface area contributed by atoms with Crippen LogP contribution < -0.4 is 10.6 Å². The Morgan fingerprint density at radius 1 is 0.935 bits per heavy atom. The van der Waals surface area contributed by atoms with Gasteiger partial charge in [-0.15, -0.1) is 10.2 Å². The number of halogens is 1. The molecule has 0 bridgehead atoms. The van der Waals surface area contributed by atoms with Crippen molar-refractivity contribution in [3.05, 3.63) is 65.1 Å². The van der Waals surface area contributed by atoms with Gasteiger partial charge in [0.05, 0.1) is 11.4 Å². The molecule has 10 heteroatoms. The van der Waals surface area contributed by atoms with E-state index in [4.69, 9.17) is 0 Å². The van der Waals surface area contributed by atoms with E-state index in [1.54, 1.807) is 28.8 Å². The fourth-order valence-electron chi connectivity index (χ4n) is 2.80. The third-order valence-corrected chi connectivity index (χ3v) is 5.64. The minimum atomic E-state index is -0.182. The number of rotatable bonds is 6. The van der Waals surface area contributed by atoms with Gasteiger partial charge in [-0.25, -0.2) is 0 Å². The van der Waals surface area contributed by atoms with E-state index in [1.165, 1.54) is 18.7 Å². The Hall–Kier alpha value is -3.24. The summed E-state index contributed by atoms with van der Waals surface area (Å²) in [6.45, 7) is 1.44. The van der Waals surface area contributed by atoms with Gasteiger partial charge in [0.15, 0.2) is 5.65 Å². The number of amides is 2. The summed E-state index contributed by atoms with van der Waals surface area (Å²) >= 11 is 4.68. The smallest absolute Gasteiger partial charge is 0.234 e. The van der Waals surface area contributed by atoms with Crippen LogP contribution in [0.15, 0.2) is 70.3 Å². The molecule has 2 N–H and O–H groups in total. The number of carbonyl (C=O) groups is 2. The highest BCUT2D eigenvalue weighted by Gasteiger charge is 2.12. The average Bonchev–Trinajstić information content (AvgIpc) is 3.16. The number of hydrogen-bond acceptors (Lipinski definition) is 6. The summed E-state index contributed by atoms with van der Waals surface area (Å²) < 4.78 is 2.63. The molecule has 0 saturated heterocycles. The van der Waals surface area contributed by atoms with Crippen molar-refractivity contribution in [3.8, 4) is 11.3 Å². The highest BCUT2D eigenvalue weighted by Crippen LogP contribution is 2.22. The van der Waals surface area contributed by atoms with Crippen LogP contribution in [0.4, 0.5) is 11.4 Å². The number of carbonyl (C=O) groups excluding carboxylic acids is 2. The van der Waals surface area contributed by atoms with Crippen molar-refractivity contribution in [1.29, 1.82) is 0 Å². The lowest BCUT2D eigenvalue weighted by molar-refractivity contribution is -0.114. The molecule has 156 valence electrons. The van der Waals surface area contributed by atoms with Crippen LogP contribution in [0.3, 0.4) is 0 Å². The summed E-state index contributed by atoms with van der Waals surface area (Å²) in [5, 5.41) is 18.9. The highest BCUT2D eigenvalue weighted by atomic mass is 79.9. The van der Waals surface area contributed by atoms with E-state index < -0.39 is 0 Å². The Labute approximate surface area is 190 Å². The fraction of sp³-hybridized carbons (Fsp3) is 0.0952. The maximum Gasteiger partial charge on any atom is 0.234 e. The molecule has 0 fully saturated rings. The molecule has 2 heterocycles. The van der Waals surface area contributed by atoms with E-state index in [-0.39, 0.29) is 17.6 Å². The van der Waals surface area contributed by atoms with Gasteiger partial charge in [-0.3, -0.25) is 9.59 Å². The zero-order valence-electron chi connectivity index (χ0n) is 16.4. The Balaban J connectivity index is 1.42. The minimum Gasteiger partial charge on any atom is -0.326 e. The van der Waals surface area contributed by atoms with Crippen molar-refractivity contribution in [2.45, 2.75) is 12.1 Å². The van der Waals surface area contributed by atoms with Gasteiger partial charge in [-0.1, -0.05) is 39.8 Å². The van der Waals surface area contributed by atoms with E-state index in [0.29, 0.717) is 22.2 Å². The number of thioether (sulfide) groups is 1. The predicted molar refractivity (Wildman–Crippen MR) is 124 cm³/mol. The van der Waals surface area contributed by atoms with Crippen LogP contribution in [-0.2, 0) is 9.59 Å².